The molecule has 2 atom stereocenters. The molecule has 4 heterocycles. The molecule has 0 saturated carbocycles. The molecule has 1 aromatic carbocycles. The third-order valence-electron chi connectivity index (χ3n) is 5.67. The Morgan fingerprint density at radius 2 is 2.09 bits per heavy atom. The van der Waals surface area contributed by atoms with Gasteiger partial charge in [-0.15, -0.1) is 11.8 Å². The molecule has 166 valence electrons. The first kappa shape index (κ1) is 21.4. The number of carbonyl (C=O) groups excluding carboxylic acids is 2. The van der Waals surface area contributed by atoms with Crippen LogP contribution in [0.15, 0.2) is 42.9 Å². The first-order valence-corrected chi connectivity index (χ1v) is 11.3. The molecular weight excluding hydrogens is 467 g/mol. The smallest absolute Gasteiger partial charge is 0.315 e. The van der Waals surface area contributed by atoms with Crippen molar-refractivity contribution in [1.29, 1.82) is 5.26 Å². The number of nitrogens with zero attached hydrogens (tertiary/aromatic N) is 6. The van der Waals surface area contributed by atoms with E-state index in [1.54, 1.807) is 36.3 Å². The van der Waals surface area contributed by atoms with Crippen LogP contribution in [0.25, 0.3) is 15.8 Å². The normalized spacial score (nSPS) is 20.2. The van der Waals surface area contributed by atoms with E-state index >= 15 is 0 Å². The maximum atomic E-state index is 13.6. The van der Waals surface area contributed by atoms with Crippen molar-refractivity contribution in [1.82, 2.24) is 19.7 Å². The molecule has 0 spiro atoms. The molecule has 3 aromatic rings. The van der Waals surface area contributed by atoms with Gasteiger partial charge in [0.1, 0.15) is 11.1 Å². The number of nitriles is 1. The molecule has 11 heteroatoms. The molecule has 33 heavy (non-hydrogen) atoms. The molecule has 5 rings (SSSR count). The van der Waals surface area contributed by atoms with Crippen LogP contribution in [0.2, 0.25) is 5.02 Å². The average Bonchev–Trinajstić information content (AvgIpc) is 3.39. The summed E-state index contributed by atoms with van der Waals surface area (Å²) >= 11 is 7.52. The predicted molar refractivity (Wildman–Crippen MR) is 123 cm³/mol. The van der Waals surface area contributed by atoms with Gasteiger partial charge in [0.05, 0.1) is 47.2 Å². The molecular formula is C22H16ClFN6O2S. The number of anilines is 1. The molecule has 1 saturated heterocycles. The van der Waals surface area contributed by atoms with Gasteiger partial charge in [0.15, 0.2) is 0 Å². The number of hydrogen-bond donors (Lipinski definition) is 0. The van der Waals surface area contributed by atoms with E-state index < -0.39 is 29.0 Å². The van der Waals surface area contributed by atoms with Crippen molar-refractivity contribution in [2.45, 2.75) is 17.7 Å². The van der Waals surface area contributed by atoms with Gasteiger partial charge < -0.3 is 4.90 Å². The molecule has 2 aromatic heterocycles. The third kappa shape index (κ3) is 3.44. The van der Waals surface area contributed by atoms with E-state index in [1.165, 1.54) is 35.0 Å². The topological polar surface area (TPSA) is 95.1 Å². The highest BCUT2D eigenvalue weighted by atomic mass is 35.5. The van der Waals surface area contributed by atoms with Crippen LogP contribution in [0.3, 0.4) is 0 Å². The Bertz CT molecular complexity index is 1380. The zero-order chi connectivity index (χ0) is 23.3. The van der Waals surface area contributed by atoms with E-state index in [1.807, 2.05) is 0 Å². The lowest BCUT2D eigenvalue weighted by Crippen LogP contribution is -2.62. The first-order chi connectivity index (χ1) is 15.9. The van der Waals surface area contributed by atoms with Gasteiger partial charge in [-0.2, -0.15) is 10.4 Å². The number of hydrogen-bond acceptors (Lipinski definition) is 6. The molecule has 2 aliphatic rings. The van der Waals surface area contributed by atoms with Crippen LogP contribution in [0.4, 0.5) is 14.9 Å². The highest BCUT2D eigenvalue weighted by Crippen LogP contribution is 2.47. The maximum absolute atomic E-state index is 13.6. The molecule has 0 radical (unpaired) electrons. The number of rotatable bonds is 4. The fraction of sp³-hybridized carbons (Fsp3) is 0.227. The van der Waals surface area contributed by atoms with Crippen molar-refractivity contribution in [3.63, 3.8) is 0 Å². The second kappa shape index (κ2) is 8.17. The second-order valence-corrected chi connectivity index (χ2v) is 9.20. The summed E-state index contributed by atoms with van der Waals surface area (Å²) < 4.78 is 15.1. The highest BCUT2D eigenvalue weighted by molar-refractivity contribution is 8.09. The maximum Gasteiger partial charge on any atom is 0.332 e. The van der Waals surface area contributed by atoms with Crippen LogP contribution in [0, 0.1) is 17.1 Å². The number of aryl methyl sites for hydroxylation is 1. The number of benzene rings is 1. The average molecular weight is 483 g/mol. The van der Waals surface area contributed by atoms with E-state index in [-0.39, 0.29) is 18.0 Å². The Hall–Kier alpha value is -3.42. The SMILES string of the molecule is Cn1ncc2cncc(N3C(=O)C4SC(c5ccc(F)cc5Cl)=CC4N(CCC#N)C3=O)c21. The van der Waals surface area contributed by atoms with E-state index in [2.05, 4.69) is 16.2 Å². The fourth-order valence-electron chi connectivity index (χ4n) is 4.17. The van der Waals surface area contributed by atoms with E-state index in [4.69, 9.17) is 16.9 Å². The summed E-state index contributed by atoms with van der Waals surface area (Å²) in [6, 6.07) is 5.03. The second-order valence-electron chi connectivity index (χ2n) is 7.61. The van der Waals surface area contributed by atoms with Crippen LogP contribution in [-0.2, 0) is 11.8 Å². The van der Waals surface area contributed by atoms with Crippen molar-refractivity contribution in [2.75, 3.05) is 11.4 Å². The number of amides is 3. The third-order valence-corrected chi connectivity index (χ3v) is 7.33. The summed E-state index contributed by atoms with van der Waals surface area (Å²) in [5.74, 6) is -0.863. The Kier molecular flexibility index (Phi) is 5.31. The lowest BCUT2D eigenvalue weighted by atomic mass is 10.0. The highest BCUT2D eigenvalue weighted by Gasteiger charge is 2.50. The van der Waals surface area contributed by atoms with Gasteiger partial charge in [-0.05, 0) is 24.3 Å². The molecule has 0 aliphatic carbocycles. The van der Waals surface area contributed by atoms with Crippen molar-refractivity contribution in [3.8, 4) is 6.07 Å². The number of fused-ring (bicyclic) bond motifs is 2. The van der Waals surface area contributed by atoms with Crippen molar-refractivity contribution < 1.29 is 14.0 Å². The summed E-state index contributed by atoms with van der Waals surface area (Å²) in [7, 11) is 1.72. The van der Waals surface area contributed by atoms with Crippen molar-refractivity contribution >= 4 is 56.8 Å². The van der Waals surface area contributed by atoms with Crippen LogP contribution in [0.5, 0.6) is 0 Å². The van der Waals surface area contributed by atoms with Crippen LogP contribution in [0.1, 0.15) is 12.0 Å². The summed E-state index contributed by atoms with van der Waals surface area (Å²) in [6.45, 7) is 0.149. The Labute approximate surface area is 197 Å². The summed E-state index contributed by atoms with van der Waals surface area (Å²) in [4.78, 5) is 34.7. The summed E-state index contributed by atoms with van der Waals surface area (Å²) in [5, 5.41) is 13.6. The minimum absolute atomic E-state index is 0.107. The fourth-order valence-corrected chi connectivity index (χ4v) is 5.86. The van der Waals surface area contributed by atoms with Crippen LogP contribution in [-0.4, -0.2) is 49.4 Å². The van der Waals surface area contributed by atoms with Crippen molar-refractivity contribution in [3.05, 3.63) is 59.3 Å². The van der Waals surface area contributed by atoms with Gasteiger partial charge in [0.2, 0.25) is 0 Å². The van der Waals surface area contributed by atoms with Gasteiger partial charge in [-0.1, -0.05) is 11.6 Å². The van der Waals surface area contributed by atoms with Crippen molar-refractivity contribution in [2.24, 2.45) is 7.05 Å². The Morgan fingerprint density at radius 3 is 2.85 bits per heavy atom. The zero-order valence-corrected chi connectivity index (χ0v) is 18.8. The quantitative estimate of drug-likeness (QED) is 0.558. The molecule has 0 bridgehead atoms. The molecule has 2 aliphatic heterocycles. The number of imide groups is 1. The molecule has 2 unspecified atom stereocenters. The number of aromatic nitrogens is 3. The van der Waals surface area contributed by atoms with Gasteiger partial charge in [0, 0.05) is 35.6 Å². The van der Waals surface area contributed by atoms with Gasteiger partial charge in [0.25, 0.3) is 5.91 Å². The van der Waals surface area contributed by atoms with Gasteiger partial charge in [-0.3, -0.25) is 14.5 Å². The lowest BCUT2D eigenvalue weighted by molar-refractivity contribution is -0.119. The zero-order valence-electron chi connectivity index (χ0n) is 17.3. The van der Waals surface area contributed by atoms with E-state index in [0.29, 0.717) is 27.1 Å². The van der Waals surface area contributed by atoms with Gasteiger partial charge >= 0.3 is 6.03 Å². The largest absolute Gasteiger partial charge is 0.332 e. The molecule has 8 nitrogen and oxygen atoms in total. The number of halogens is 2. The molecule has 0 N–H and O–H groups in total. The number of pyridine rings is 1. The van der Waals surface area contributed by atoms with Gasteiger partial charge in [-0.25, -0.2) is 14.1 Å². The Morgan fingerprint density at radius 1 is 1.27 bits per heavy atom. The lowest BCUT2D eigenvalue weighted by Gasteiger charge is -2.40. The molecule has 3 amide bonds. The Balaban J connectivity index is 1.59. The van der Waals surface area contributed by atoms with Crippen LogP contribution >= 0.6 is 23.4 Å². The summed E-state index contributed by atoms with van der Waals surface area (Å²) in [5.41, 5.74) is 1.51. The number of urea groups is 1. The standard InChI is InChI=1S/C22H16ClFN6O2S/c1-28-19-12(10-27-28)9-26-11-17(19)30-21(31)20-16(29(22(30)32)6-2-5-25)8-18(33-20)14-4-3-13(24)7-15(14)23/h3-4,7-11,16,20H,2,6H2,1H3. The summed E-state index contributed by atoms with van der Waals surface area (Å²) in [6.07, 6.45) is 6.59. The number of carbonyl (C=O) groups is 2. The predicted octanol–water partition coefficient (Wildman–Crippen LogP) is 3.97. The monoisotopic (exact) mass is 482 g/mol. The van der Waals surface area contributed by atoms with E-state index in [0.717, 1.165) is 4.90 Å². The first-order valence-electron chi connectivity index (χ1n) is 10.0. The minimum atomic E-state index is -0.652. The number of thioether (sulfide) groups is 1. The molecule has 1 fully saturated rings. The van der Waals surface area contributed by atoms with Crippen LogP contribution < -0.4 is 4.90 Å². The van der Waals surface area contributed by atoms with E-state index in [9.17, 15) is 14.0 Å². The minimum Gasteiger partial charge on any atom is -0.315 e.